The zero-order valence-corrected chi connectivity index (χ0v) is 19.2. The summed E-state index contributed by atoms with van der Waals surface area (Å²) in [4.78, 5) is 24.0. The minimum absolute atomic E-state index is 0. The monoisotopic (exact) mass is 456 g/mol. The van der Waals surface area contributed by atoms with Gasteiger partial charge in [-0.05, 0) is 54.8 Å². The summed E-state index contributed by atoms with van der Waals surface area (Å²) in [6, 6.07) is 13.5. The summed E-state index contributed by atoms with van der Waals surface area (Å²) in [7, 11) is 1.62. The van der Waals surface area contributed by atoms with Gasteiger partial charge in [-0.25, -0.2) is 9.97 Å². The second kappa shape index (κ2) is 10.4. The van der Waals surface area contributed by atoms with Gasteiger partial charge in [0.1, 0.15) is 5.75 Å². The third-order valence-electron chi connectivity index (χ3n) is 5.02. The first-order valence-corrected chi connectivity index (χ1v) is 10.8. The molecule has 0 aliphatic rings. The van der Waals surface area contributed by atoms with Crippen molar-refractivity contribution in [3.05, 3.63) is 72.3 Å². The Hall–Kier alpha value is -2.90. The highest BCUT2D eigenvalue weighted by molar-refractivity contribution is 7.22. The summed E-state index contributed by atoms with van der Waals surface area (Å²) >= 11 is 1.56. The lowest BCUT2D eigenvalue weighted by Gasteiger charge is -2.20. The fourth-order valence-corrected chi connectivity index (χ4v) is 4.35. The summed E-state index contributed by atoms with van der Waals surface area (Å²) in [5, 5.41) is 0.727. The molecule has 8 heteroatoms. The molecule has 2 aromatic heterocycles. The smallest absolute Gasteiger partial charge is 0.260 e. The first kappa shape index (κ1) is 22.8. The molecule has 0 aliphatic carbocycles. The van der Waals surface area contributed by atoms with E-state index in [0.717, 1.165) is 40.5 Å². The van der Waals surface area contributed by atoms with Crippen LogP contribution in [0.5, 0.6) is 5.75 Å². The summed E-state index contributed by atoms with van der Waals surface area (Å²) in [6.45, 7) is 3.50. The van der Waals surface area contributed by atoms with Gasteiger partial charge in [0.15, 0.2) is 5.13 Å². The molecule has 0 bridgehead atoms. The van der Waals surface area contributed by atoms with Crippen LogP contribution in [-0.4, -0.2) is 34.1 Å². The quantitative estimate of drug-likeness (QED) is 0.364. The third-order valence-corrected chi connectivity index (χ3v) is 6.06. The molecule has 0 aliphatic heterocycles. The molecule has 0 unspecified atom stereocenters. The number of fused-ring (bicyclic) bond motifs is 1. The molecule has 31 heavy (non-hydrogen) atoms. The molecule has 1 amide bonds. The van der Waals surface area contributed by atoms with Gasteiger partial charge in [-0.3, -0.25) is 9.69 Å². The number of halogens is 1. The molecule has 0 fully saturated rings. The van der Waals surface area contributed by atoms with Crippen molar-refractivity contribution >= 4 is 45.0 Å². The maximum Gasteiger partial charge on any atom is 0.260 e. The van der Waals surface area contributed by atoms with Crippen LogP contribution in [0.1, 0.15) is 29.3 Å². The van der Waals surface area contributed by atoms with Crippen LogP contribution in [0.25, 0.3) is 10.2 Å². The Labute approximate surface area is 191 Å². The fourth-order valence-electron chi connectivity index (χ4n) is 3.30. The second-order valence-electron chi connectivity index (χ2n) is 6.99. The van der Waals surface area contributed by atoms with E-state index < -0.39 is 0 Å². The van der Waals surface area contributed by atoms with E-state index in [-0.39, 0.29) is 18.3 Å². The van der Waals surface area contributed by atoms with Crippen LogP contribution in [0.3, 0.4) is 0 Å². The summed E-state index contributed by atoms with van der Waals surface area (Å²) in [5.41, 5.74) is 2.81. The predicted octanol–water partition coefficient (Wildman–Crippen LogP) is 5.22. The molecule has 2 heterocycles. The van der Waals surface area contributed by atoms with Crippen LogP contribution in [0.4, 0.5) is 5.13 Å². The molecule has 0 saturated heterocycles. The Morgan fingerprint density at radius 1 is 1.19 bits per heavy atom. The zero-order valence-electron chi connectivity index (χ0n) is 17.5. The number of ether oxygens (including phenoxy) is 1. The van der Waals surface area contributed by atoms with Crippen molar-refractivity contribution in [3.63, 3.8) is 0 Å². The highest BCUT2D eigenvalue weighted by atomic mass is 35.5. The first-order chi connectivity index (χ1) is 14.7. The number of amides is 1. The Morgan fingerprint density at radius 2 is 2.00 bits per heavy atom. The zero-order chi connectivity index (χ0) is 20.9. The number of benzene rings is 2. The normalized spacial score (nSPS) is 10.6. The summed E-state index contributed by atoms with van der Waals surface area (Å²) < 4.78 is 8.34. The van der Waals surface area contributed by atoms with Crippen molar-refractivity contribution in [1.82, 2.24) is 14.5 Å². The van der Waals surface area contributed by atoms with Crippen LogP contribution in [0.15, 0.2) is 61.2 Å². The van der Waals surface area contributed by atoms with Crippen LogP contribution in [0.2, 0.25) is 0 Å². The summed E-state index contributed by atoms with van der Waals surface area (Å²) in [6.07, 6.45) is 7.26. The highest BCUT2D eigenvalue weighted by Gasteiger charge is 2.21. The van der Waals surface area contributed by atoms with Crippen molar-refractivity contribution in [2.75, 3.05) is 18.6 Å². The Morgan fingerprint density at radius 3 is 2.68 bits per heavy atom. The molecule has 0 spiro atoms. The van der Waals surface area contributed by atoms with E-state index in [2.05, 4.69) is 24.0 Å². The standard InChI is InChI=1S/C23H24N4O2S.ClH/c1-3-17-5-10-20-21(15-17)30-23(25-20)27(13-4-12-26-14-11-24-16-26)22(28)18-6-8-19(29-2)9-7-18;/h5-11,14-16H,3-4,12-13H2,1-2H3;1H. The number of aryl methyl sites for hydroxylation is 2. The minimum Gasteiger partial charge on any atom is -0.497 e. The average molecular weight is 457 g/mol. The SMILES string of the molecule is CCc1ccc2nc(N(CCCn3ccnc3)C(=O)c3ccc(OC)cc3)sc2c1.Cl. The highest BCUT2D eigenvalue weighted by Crippen LogP contribution is 2.31. The molecule has 162 valence electrons. The van der Waals surface area contributed by atoms with Gasteiger partial charge >= 0.3 is 0 Å². The largest absolute Gasteiger partial charge is 0.497 e. The van der Waals surface area contributed by atoms with Crippen molar-refractivity contribution in [2.45, 2.75) is 26.3 Å². The molecule has 0 radical (unpaired) electrons. The number of aromatic nitrogens is 3. The molecule has 6 nitrogen and oxygen atoms in total. The lowest BCUT2D eigenvalue weighted by Crippen LogP contribution is -2.32. The van der Waals surface area contributed by atoms with E-state index in [1.54, 1.807) is 48.0 Å². The molecule has 0 saturated carbocycles. The molecule has 0 N–H and O–H groups in total. The van der Waals surface area contributed by atoms with Crippen molar-refractivity contribution in [3.8, 4) is 5.75 Å². The van der Waals surface area contributed by atoms with Crippen molar-refractivity contribution in [2.24, 2.45) is 0 Å². The van der Waals surface area contributed by atoms with E-state index in [1.807, 2.05) is 29.0 Å². The maximum atomic E-state index is 13.4. The molecular weight excluding hydrogens is 432 g/mol. The Kier molecular flexibility index (Phi) is 7.65. The van der Waals surface area contributed by atoms with Crippen LogP contribution in [-0.2, 0) is 13.0 Å². The minimum atomic E-state index is -0.0574. The number of carbonyl (C=O) groups excluding carboxylic acids is 1. The number of anilines is 1. The van der Waals surface area contributed by atoms with Crippen LogP contribution >= 0.6 is 23.7 Å². The average Bonchev–Trinajstić information content (AvgIpc) is 3.45. The lowest BCUT2D eigenvalue weighted by atomic mass is 10.2. The number of thiazole rings is 1. The lowest BCUT2D eigenvalue weighted by molar-refractivity contribution is 0.0986. The number of hydrogen-bond acceptors (Lipinski definition) is 5. The van der Waals surface area contributed by atoms with Gasteiger partial charge < -0.3 is 9.30 Å². The fraction of sp³-hybridized carbons (Fsp3) is 0.261. The van der Waals surface area contributed by atoms with E-state index in [9.17, 15) is 4.79 Å². The molecule has 4 aromatic rings. The van der Waals surface area contributed by atoms with Crippen LogP contribution in [0, 0.1) is 0 Å². The predicted molar refractivity (Wildman–Crippen MR) is 128 cm³/mol. The number of imidazole rings is 1. The van der Waals surface area contributed by atoms with Crippen molar-refractivity contribution < 1.29 is 9.53 Å². The third kappa shape index (κ3) is 5.24. The van der Waals surface area contributed by atoms with Gasteiger partial charge in [0.2, 0.25) is 0 Å². The van der Waals surface area contributed by atoms with Gasteiger partial charge in [0.25, 0.3) is 5.91 Å². The van der Waals surface area contributed by atoms with Gasteiger partial charge in [-0.1, -0.05) is 24.3 Å². The second-order valence-corrected chi connectivity index (χ2v) is 8.00. The summed E-state index contributed by atoms with van der Waals surface area (Å²) in [5.74, 6) is 0.670. The van der Waals surface area contributed by atoms with E-state index in [1.165, 1.54) is 5.56 Å². The Balaban J connectivity index is 0.00000272. The number of nitrogens with zero attached hydrogens (tertiary/aromatic N) is 4. The van der Waals surface area contributed by atoms with E-state index >= 15 is 0 Å². The number of hydrogen-bond donors (Lipinski definition) is 0. The van der Waals surface area contributed by atoms with Gasteiger partial charge in [0, 0.05) is 31.0 Å². The number of methoxy groups -OCH3 is 1. The molecule has 2 aromatic carbocycles. The molecule has 4 rings (SSSR count). The van der Waals surface area contributed by atoms with Crippen LogP contribution < -0.4 is 9.64 Å². The van der Waals surface area contributed by atoms with E-state index in [0.29, 0.717) is 12.1 Å². The topological polar surface area (TPSA) is 60.2 Å². The number of carbonyl (C=O) groups is 1. The number of rotatable bonds is 8. The molecular formula is C23H25ClN4O2S. The maximum absolute atomic E-state index is 13.4. The van der Waals surface area contributed by atoms with Crippen molar-refractivity contribution in [1.29, 1.82) is 0 Å². The molecule has 0 atom stereocenters. The first-order valence-electron chi connectivity index (χ1n) is 9.99. The van der Waals surface area contributed by atoms with Gasteiger partial charge in [0.05, 0.1) is 23.7 Å². The Bertz CT molecular complexity index is 1130. The van der Waals surface area contributed by atoms with Gasteiger partial charge in [-0.2, -0.15) is 0 Å². The van der Waals surface area contributed by atoms with E-state index in [4.69, 9.17) is 9.72 Å². The van der Waals surface area contributed by atoms with Gasteiger partial charge in [-0.15, -0.1) is 12.4 Å².